The Labute approximate surface area is 139 Å². The van der Waals surface area contributed by atoms with E-state index in [1.165, 1.54) is 0 Å². The van der Waals surface area contributed by atoms with Gasteiger partial charge in [-0.05, 0) is 24.3 Å². The smallest absolute Gasteiger partial charge is 0.326 e. The molecule has 24 heavy (non-hydrogen) atoms. The van der Waals surface area contributed by atoms with Gasteiger partial charge in [0.1, 0.15) is 11.6 Å². The molecule has 2 N–H and O–H groups in total. The van der Waals surface area contributed by atoms with E-state index < -0.39 is 6.03 Å². The third-order valence-electron chi connectivity index (χ3n) is 3.29. The lowest BCUT2D eigenvalue weighted by molar-refractivity contribution is 0.262. The van der Waals surface area contributed by atoms with E-state index in [2.05, 4.69) is 20.7 Å². The number of hydrogen-bond acceptors (Lipinski definition) is 4. The maximum Gasteiger partial charge on any atom is 0.326 e. The van der Waals surface area contributed by atoms with Crippen molar-refractivity contribution in [3.8, 4) is 5.69 Å². The molecular formula is C17H18N6O. The standard InChI is InChI=1S/C17H18N6O/c1-22(2)16-10-6-9-14(18-16)19-17(24)20-15-11-12-23(21-15)13-7-4-3-5-8-13/h3-12H,1-2H3,(H2,18,19,20,21,24). The van der Waals surface area contributed by atoms with E-state index in [-0.39, 0.29) is 0 Å². The fourth-order valence-corrected chi connectivity index (χ4v) is 2.12. The van der Waals surface area contributed by atoms with Crippen LogP contribution in [0.1, 0.15) is 0 Å². The molecule has 2 aromatic heterocycles. The first-order chi connectivity index (χ1) is 11.6. The molecule has 0 saturated heterocycles. The van der Waals surface area contributed by atoms with Crippen molar-refractivity contribution in [2.24, 2.45) is 0 Å². The van der Waals surface area contributed by atoms with Crippen LogP contribution in [0.2, 0.25) is 0 Å². The van der Waals surface area contributed by atoms with Crippen LogP contribution in [-0.4, -0.2) is 34.9 Å². The number of amides is 2. The van der Waals surface area contributed by atoms with Gasteiger partial charge in [0.25, 0.3) is 0 Å². The first kappa shape index (κ1) is 15.5. The van der Waals surface area contributed by atoms with Crippen molar-refractivity contribution in [2.75, 3.05) is 29.6 Å². The highest BCUT2D eigenvalue weighted by atomic mass is 16.2. The predicted molar refractivity (Wildman–Crippen MR) is 94.8 cm³/mol. The Hall–Kier alpha value is -3.35. The van der Waals surface area contributed by atoms with Crippen LogP contribution in [0.15, 0.2) is 60.8 Å². The van der Waals surface area contributed by atoms with Crippen molar-refractivity contribution in [1.82, 2.24) is 14.8 Å². The topological polar surface area (TPSA) is 75.1 Å². The van der Waals surface area contributed by atoms with Gasteiger partial charge in [0, 0.05) is 26.4 Å². The second kappa shape index (κ2) is 6.82. The van der Waals surface area contributed by atoms with Crippen molar-refractivity contribution in [1.29, 1.82) is 0 Å². The van der Waals surface area contributed by atoms with Crippen LogP contribution in [0.25, 0.3) is 5.69 Å². The number of para-hydroxylation sites is 1. The fourth-order valence-electron chi connectivity index (χ4n) is 2.12. The highest BCUT2D eigenvalue weighted by Gasteiger charge is 2.07. The minimum Gasteiger partial charge on any atom is -0.363 e. The first-order valence-electron chi connectivity index (χ1n) is 7.45. The maximum absolute atomic E-state index is 12.1. The van der Waals surface area contributed by atoms with Gasteiger partial charge < -0.3 is 4.90 Å². The molecule has 0 atom stereocenters. The quantitative estimate of drug-likeness (QED) is 0.774. The molecule has 0 unspecified atom stereocenters. The SMILES string of the molecule is CN(C)c1cccc(NC(=O)Nc2ccn(-c3ccccc3)n2)n1. The molecular weight excluding hydrogens is 304 g/mol. The lowest BCUT2D eigenvalue weighted by Crippen LogP contribution is -2.21. The summed E-state index contributed by atoms with van der Waals surface area (Å²) in [5, 5.41) is 9.72. The van der Waals surface area contributed by atoms with Gasteiger partial charge >= 0.3 is 6.03 Å². The second-order valence-electron chi connectivity index (χ2n) is 5.34. The Morgan fingerprint density at radius 3 is 2.46 bits per heavy atom. The predicted octanol–water partition coefficient (Wildman–Crippen LogP) is 2.98. The molecule has 3 rings (SSSR count). The average Bonchev–Trinajstić information content (AvgIpc) is 3.04. The number of nitrogens with one attached hydrogen (secondary N) is 2. The van der Waals surface area contributed by atoms with Crippen LogP contribution < -0.4 is 15.5 Å². The van der Waals surface area contributed by atoms with Gasteiger partial charge in [-0.25, -0.2) is 14.5 Å². The van der Waals surface area contributed by atoms with E-state index in [9.17, 15) is 4.79 Å². The third-order valence-corrected chi connectivity index (χ3v) is 3.29. The summed E-state index contributed by atoms with van der Waals surface area (Å²) >= 11 is 0. The van der Waals surface area contributed by atoms with Gasteiger partial charge in [0.05, 0.1) is 5.69 Å². The number of rotatable bonds is 4. The zero-order valence-electron chi connectivity index (χ0n) is 13.5. The van der Waals surface area contributed by atoms with Crippen LogP contribution in [0.4, 0.5) is 22.2 Å². The van der Waals surface area contributed by atoms with Crippen LogP contribution in [0.3, 0.4) is 0 Å². The third kappa shape index (κ3) is 3.70. The van der Waals surface area contributed by atoms with Crippen LogP contribution in [0, 0.1) is 0 Å². The monoisotopic (exact) mass is 322 g/mol. The largest absolute Gasteiger partial charge is 0.363 e. The number of urea groups is 1. The Kier molecular flexibility index (Phi) is 4.42. The lowest BCUT2D eigenvalue weighted by Gasteiger charge is -2.12. The van der Waals surface area contributed by atoms with Crippen LogP contribution >= 0.6 is 0 Å². The molecule has 0 saturated carbocycles. The highest BCUT2D eigenvalue weighted by Crippen LogP contribution is 2.13. The number of carbonyl (C=O) groups is 1. The summed E-state index contributed by atoms with van der Waals surface area (Å²) < 4.78 is 1.69. The molecule has 122 valence electrons. The Morgan fingerprint density at radius 2 is 1.71 bits per heavy atom. The van der Waals surface area contributed by atoms with E-state index in [4.69, 9.17) is 0 Å². The zero-order valence-corrected chi connectivity index (χ0v) is 13.5. The minimum absolute atomic E-state index is 0.392. The summed E-state index contributed by atoms with van der Waals surface area (Å²) in [6.07, 6.45) is 1.79. The van der Waals surface area contributed by atoms with E-state index in [1.54, 1.807) is 23.0 Å². The molecule has 2 heterocycles. The zero-order chi connectivity index (χ0) is 16.9. The van der Waals surface area contributed by atoms with Crippen LogP contribution in [0.5, 0.6) is 0 Å². The highest BCUT2D eigenvalue weighted by molar-refractivity contribution is 5.98. The number of carbonyl (C=O) groups excluding carboxylic acids is 1. The minimum atomic E-state index is -0.392. The lowest BCUT2D eigenvalue weighted by atomic mass is 10.3. The number of benzene rings is 1. The molecule has 0 aliphatic heterocycles. The number of hydrogen-bond donors (Lipinski definition) is 2. The molecule has 0 bridgehead atoms. The summed E-state index contributed by atoms with van der Waals surface area (Å²) in [7, 11) is 3.78. The molecule has 1 aromatic carbocycles. The maximum atomic E-state index is 12.1. The molecule has 0 spiro atoms. The molecule has 0 radical (unpaired) electrons. The molecule has 3 aromatic rings. The fraction of sp³-hybridized carbons (Fsp3) is 0.118. The summed E-state index contributed by atoms with van der Waals surface area (Å²) in [6.45, 7) is 0. The van der Waals surface area contributed by atoms with Crippen molar-refractivity contribution in [3.05, 3.63) is 60.8 Å². The van der Waals surface area contributed by atoms with Gasteiger partial charge in [0.15, 0.2) is 5.82 Å². The first-order valence-corrected chi connectivity index (χ1v) is 7.45. The Balaban J connectivity index is 1.65. The van der Waals surface area contributed by atoms with Gasteiger partial charge in [-0.15, -0.1) is 5.10 Å². The summed E-state index contributed by atoms with van der Waals surface area (Å²) in [6, 6.07) is 16.4. The van der Waals surface area contributed by atoms with E-state index in [0.717, 1.165) is 11.5 Å². The average molecular weight is 322 g/mol. The van der Waals surface area contributed by atoms with Crippen LogP contribution in [-0.2, 0) is 0 Å². The van der Waals surface area contributed by atoms with E-state index in [1.807, 2.05) is 61.5 Å². The molecule has 0 aliphatic carbocycles. The van der Waals surface area contributed by atoms with E-state index >= 15 is 0 Å². The Morgan fingerprint density at radius 1 is 0.958 bits per heavy atom. The summed E-state index contributed by atoms with van der Waals surface area (Å²) in [5.41, 5.74) is 0.923. The molecule has 2 amide bonds. The van der Waals surface area contributed by atoms with Crippen molar-refractivity contribution in [3.63, 3.8) is 0 Å². The van der Waals surface area contributed by atoms with Gasteiger partial charge in [-0.2, -0.15) is 0 Å². The molecule has 0 aliphatic rings. The van der Waals surface area contributed by atoms with Crippen molar-refractivity contribution >= 4 is 23.5 Å². The van der Waals surface area contributed by atoms with Gasteiger partial charge in [-0.3, -0.25) is 10.6 Å². The normalized spacial score (nSPS) is 10.2. The number of pyridine rings is 1. The number of aromatic nitrogens is 3. The van der Waals surface area contributed by atoms with Gasteiger partial charge in [-0.1, -0.05) is 24.3 Å². The van der Waals surface area contributed by atoms with E-state index in [0.29, 0.717) is 11.6 Å². The molecule has 7 nitrogen and oxygen atoms in total. The van der Waals surface area contributed by atoms with Crippen molar-refractivity contribution < 1.29 is 4.79 Å². The molecule has 7 heteroatoms. The number of anilines is 3. The second-order valence-corrected chi connectivity index (χ2v) is 5.34. The summed E-state index contributed by atoms with van der Waals surface area (Å²) in [4.78, 5) is 18.3. The summed E-state index contributed by atoms with van der Waals surface area (Å²) in [5.74, 6) is 1.70. The van der Waals surface area contributed by atoms with Crippen molar-refractivity contribution in [2.45, 2.75) is 0 Å². The Bertz CT molecular complexity index is 828. The van der Waals surface area contributed by atoms with Gasteiger partial charge in [0.2, 0.25) is 0 Å². The molecule has 0 fully saturated rings. The number of nitrogens with zero attached hydrogens (tertiary/aromatic N) is 4.